The molecule has 0 bridgehead atoms. The zero-order valence-corrected chi connectivity index (χ0v) is 32.8. The molecule has 13 rings (SSSR count). The van der Waals surface area contributed by atoms with Crippen molar-refractivity contribution >= 4 is 32.6 Å². The number of thiophene rings is 1. The van der Waals surface area contributed by atoms with Crippen molar-refractivity contribution in [2.24, 2.45) is 23.7 Å². The Bertz CT molecular complexity index is 2740. The van der Waals surface area contributed by atoms with Gasteiger partial charge in [0.15, 0.2) is 0 Å². The topological polar surface area (TPSA) is 0 Å². The second-order valence-corrected chi connectivity index (χ2v) is 18.8. The lowest BCUT2D eigenvalue weighted by Gasteiger charge is -2.45. The molecule has 3 aromatic rings. The first-order chi connectivity index (χ1) is 27.8. The molecule has 272 valence electrons. The van der Waals surface area contributed by atoms with E-state index in [0.717, 1.165) is 57.8 Å². The monoisotopic (exact) mass is 738 g/mol. The lowest BCUT2D eigenvalue weighted by molar-refractivity contribution is 0.207. The van der Waals surface area contributed by atoms with Crippen molar-refractivity contribution < 1.29 is 0 Å². The Morgan fingerprint density at radius 3 is 2.20 bits per heavy atom. The van der Waals surface area contributed by atoms with Gasteiger partial charge in [0.2, 0.25) is 0 Å². The van der Waals surface area contributed by atoms with Gasteiger partial charge in [-0.05, 0) is 165 Å². The largest absolute Gasteiger partial charge is 0.135 e. The molecule has 10 aliphatic rings. The van der Waals surface area contributed by atoms with E-state index in [1.165, 1.54) is 48.4 Å². The molecule has 0 N–H and O–H groups in total. The number of hydrogen-bond donors (Lipinski definition) is 0. The molecule has 0 aliphatic heterocycles. The van der Waals surface area contributed by atoms with Crippen LogP contribution in [0.1, 0.15) is 84.4 Å². The Morgan fingerprint density at radius 2 is 1.38 bits per heavy atom. The fourth-order valence-electron chi connectivity index (χ4n) is 13.2. The molecular formula is C55H46S. The Morgan fingerprint density at radius 1 is 0.589 bits per heavy atom. The minimum Gasteiger partial charge on any atom is -0.135 e. The highest BCUT2D eigenvalue weighted by Crippen LogP contribution is 2.73. The van der Waals surface area contributed by atoms with E-state index in [9.17, 15) is 0 Å². The second-order valence-electron chi connectivity index (χ2n) is 17.7. The van der Waals surface area contributed by atoms with Crippen LogP contribution in [-0.4, -0.2) is 0 Å². The second kappa shape index (κ2) is 12.0. The summed E-state index contributed by atoms with van der Waals surface area (Å²) in [7, 11) is 0. The third-order valence-corrected chi connectivity index (χ3v) is 16.6. The standard InChI is InChI=1S/C55H46S/c1-3-12-33(13-4-1)35-24-27-39-41-18-10-21-49-52(41)53-42(44(39)30-35)19-11-22-50(53)55(49)47-28-25-36(34-14-5-2-6-15-34)31-45(47)46-32-37(26-29-48(46)55)38-17-9-20-43-40-16-7-8-23-51(40)56-54(38)43/h3,5,7-8,10-19,22-27,30-32,39,44,47-49H,1-2,4,6,9,20-21,28-29H2. The lowest BCUT2D eigenvalue weighted by atomic mass is 9.57. The van der Waals surface area contributed by atoms with E-state index in [4.69, 9.17) is 0 Å². The molecule has 56 heavy (non-hydrogen) atoms. The third kappa shape index (κ3) is 4.25. The van der Waals surface area contributed by atoms with E-state index in [-0.39, 0.29) is 5.41 Å². The number of rotatable bonds is 3. The molecule has 1 heteroatoms. The van der Waals surface area contributed by atoms with E-state index < -0.39 is 0 Å². The van der Waals surface area contributed by atoms with Crippen LogP contribution in [0.2, 0.25) is 0 Å². The van der Waals surface area contributed by atoms with Crippen LogP contribution in [0.15, 0.2) is 184 Å². The lowest BCUT2D eigenvalue weighted by Crippen LogP contribution is -2.42. The Hall–Kier alpha value is -4.98. The molecule has 0 radical (unpaired) electrons. The van der Waals surface area contributed by atoms with Crippen molar-refractivity contribution in [3.05, 3.63) is 211 Å². The molecule has 1 spiro atoms. The summed E-state index contributed by atoms with van der Waals surface area (Å²) >= 11 is 2.01. The molecule has 6 unspecified atom stereocenters. The summed E-state index contributed by atoms with van der Waals surface area (Å²) in [6.07, 6.45) is 50.7. The maximum absolute atomic E-state index is 2.70. The van der Waals surface area contributed by atoms with Gasteiger partial charge in [-0.25, -0.2) is 0 Å². The van der Waals surface area contributed by atoms with Gasteiger partial charge in [-0.15, -0.1) is 11.3 Å². The van der Waals surface area contributed by atoms with Crippen LogP contribution in [0.3, 0.4) is 0 Å². The highest BCUT2D eigenvalue weighted by atomic mass is 32.1. The van der Waals surface area contributed by atoms with E-state index in [2.05, 4.69) is 140 Å². The molecule has 1 aromatic heterocycles. The molecular weight excluding hydrogens is 693 g/mol. The maximum Gasteiger partial charge on any atom is 0.0390 e. The van der Waals surface area contributed by atoms with Crippen LogP contribution in [0.4, 0.5) is 0 Å². The summed E-state index contributed by atoms with van der Waals surface area (Å²) in [5, 5.41) is 1.46. The van der Waals surface area contributed by atoms with E-state index in [1.54, 1.807) is 44.5 Å². The van der Waals surface area contributed by atoms with Crippen molar-refractivity contribution in [1.82, 2.24) is 0 Å². The Labute approximate surface area is 335 Å². The summed E-state index contributed by atoms with van der Waals surface area (Å²) in [4.78, 5) is 1.51. The van der Waals surface area contributed by atoms with E-state index in [0.29, 0.717) is 29.6 Å². The summed E-state index contributed by atoms with van der Waals surface area (Å²) in [5.74, 6) is 2.19. The van der Waals surface area contributed by atoms with E-state index >= 15 is 0 Å². The highest BCUT2D eigenvalue weighted by molar-refractivity contribution is 7.20. The molecule has 6 atom stereocenters. The first-order valence-corrected chi connectivity index (χ1v) is 22.3. The van der Waals surface area contributed by atoms with Crippen molar-refractivity contribution in [2.45, 2.75) is 69.1 Å². The first-order valence-electron chi connectivity index (χ1n) is 21.5. The van der Waals surface area contributed by atoms with Gasteiger partial charge >= 0.3 is 0 Å². The average molecular weight is 739 g/mol. The maximum atomic E-state index is 2.70. The van der Waals surface area contributed by atoms with Gasteiger partial charge in [0.25, 0.3) is 0 Å². The minimum absolute atomic E-state index is 0.0390. The van der Waals surface area contributed by atoms with Crippen molar-refractivity contribution in [3.63, 3.8) is 0 Å². The molecule has 1 saturated carbocycles. The molecule has 0 saturated heterocycles. The van der Waals surface area contributed by atoms with Gasteiger partial charge in [-0.1, -0.05) is 134 Å². The van der Waals surface area contributed by atoms with Crippen LogP contribution in [0.25, 0.3) is 21.2 Å². The van der Waals surface area contributed by atoms with Gasteiger partial charge in [0.1, 0.15) is 0 Å². The number of aryl methyl sites for hydroxylation is 1. The van der Waals surface area contributed by atoms with E-state index in [1.807, 2.05) is 11.3 Å². The van der Waals surface area contributed by atoms with Gasteiger partial charge < -0.3 is 0 Å². The Balaban J connectivity index is 0.996. The van der Waals surface area contributed by atoms with Crippen molar-refractivity contribution in [2.75, 3.05) is 0 Å². The number of allylic oxidation sites excluding steroid dienone is 26. The van der Waals surface area contributed by atoms with Crippen LogP contribution >= 0.6 is 11.3 Å². The van der Waals surface area contributed by atoms with Gasteiger partial charge in [0.05, 0.1) is 0 Å². The van der Waals surface area contributed by atoms with Crippen molar-refractivity contribution in [1.29, 1.82) is 0 Å². The van der Waals surface area contributed by atoms with Gasteiger partial charge in [-0.2, -0.15) is 0 Å². The summed E-state index contributed by atoms with van der Waals surface area (Å²) < 4.78 is 1.43. The van der Waals surface area contributed by atoms with Gasteiger partial charge in [-0.3, -0.25) is 0 Å². The highest BCUT2D eigenvalue weighted by Gasteiger charge is 2.65. The molecule has 0 nitrogen and oxygen atoms in total. The summed E-state index contributed by atoms with van der Waals surface area (Å²) in [6, 6.07) is 16.6. The van der Waals surface area contributed by atoms with Crippen LogP contribution in [0.5, 0.6) is 0 Å². The molecule has 2 aromatic carbocycles. The molecule has 0 amide bonds. The third-order valence-electron chi connectivity index (χ3n) is 15.3. The number of benzene rings is 2. The molecule has 10 aliphatic carbocycles. The normalized spacial score (nSPS) is 31.3. The SMILES string of the molecule is C1=CC(C2=CCC3C(=C2)C2=CC(C4=CCCc5c4sc4ccccc54)=CCC2C32c3cccc4c3C3=C(C=CCC32)C2C=CC(C3=CCCC=C3)=CC42)=CCC1. The van der Waals surface area contributed by atoms with Crippen LogP contribution in [0, 0.1) is 23.7 Å². The number of hydrogen-bond acceptors (Lipinski definition) is 1. The predicted octanol–water partition coefficient (Wildman–Crippen LogP) is 14.0. The summed E-state index contributed by atoms with van der Waals surface area (Å²) in [5.41, 5.74) is 21.7. The minimum atomic E-state index is 0.0390. The van der Waals surface area contributed by atoms with Crippen LogP contribution < -0.4 is 0 Å². The fourth-order valence-corrected chi connectivity index (χ4v) is 14.5. The zero-order chi connectivity index (χ0) is 36.5. The Kier molecular flexibility index (Phi) is 6.90. The average Bonchev–Trinajstić information content (AvgIpc) is 3.90. The van der Waals surface area contributed by atoms with Crippen molar-refractivity contribution in [3.8, 4) is 0 Å². The first kappa shape index (κ1) is 32.1. The van der Waals surface area contributed by atoms with Gasteiger partial charge in [0, 0.05) is 26.8 Å². The molecule has 1 fully saturated rings. The quantitative estimate of drug-likeness (QED) is 0.251. The fraction of sp³-hybridized carbons (Fsp3) is 0.273. The zero-order valence-electron chi connectivity index (χ0n) is 31.9. The summed E-state index contributed by atoms with van der Waals surface area (Å²) in [6.45, 7) is 0. The smallest absolute Gasteiger partial charge is 0.0390 e. The van der Waals surface area contributed by atoms with Crippen LogP contribution in [-0.2, 0) is 11.8 Å². The predicted molar refractivity (Wildman–Crippen MR) is 235 cm³/mol. The number of fused-ring (bicyclic) bond motifs is 13. The molecule has 1 heterocycles.